The molecule has 0 aliphatic carbocycles. The van der Waals surface area contributed by atoms with E-state index in [1.807, 2.05) is 35.2 Å². The number of carboxylic acids is 1. The number of nitrogens with one attached hydrogen (secondary N) is 1. The second kappa shape index (κ2) is 12.9. The average Bonchev–Trinajstić information content (AvgIpc) is 3.00. The zero-order chi connectivity index (χ0) is 30.7. The number of methoxy groups -OCH3 is 1. The van der Waals surface area contributed by atoms with E-state index in [1.54, 1.807) is 18.2 Å². The van der Waals surface area contributed by atoms with Gasteiger partial charge in [0.1, 0.15) is 11.6 Å². The largest absolute Gasteiger partial charge is 0.481 e. The highest BCUT2D eigenvalue weighted by atomic mass is 35.5. The van der Waals surface area contributed by atoms with Crippen molar-refractivity contribution in [3.8, 4) is 28.3 Å². The first-order valence-corrected chi connectivity index (χ1v) is 14.4. The fraction of sp³-hybridized carbons (Fsp3) is 0.258. The van der Waals surface area contributed by atoms with Crippen LogP contribution in [0.25, 0.3) is 22.4 Å². The first-order valence-electron chi connectivity index (χ1n) is 13.6. The number of amides is 1. The number of aliphatic carboxylic acids is 1. The van der Waals surface area contributed by atoms with E-state index in [-0.39, 0.29) is 10.6 Å². The number of ether oxygens (including phenoxy) is 1. The van der Waals surface area contributed by atoms with Gasteiger partial charge in [-0.2, -0.15) is 5.10 Å². The summed E-state index contributed by atoms with van der Waals surface area (Å²) in [5, 5.41) is 16.8. The third-order valence-electron chi connectivity index (χ3n) is 7.47. The number of carbonyl (C=O) groups is 2. The van der Waals surface area contributed by atoms with Crippen molar-refractivity contribution in [2.75, 3.05) is 19.0 Å². The van der Waals surface area contributed by atoms with E-state index >= 15 is 0 Å². The molecule has 0 saturated carbocycles. The topological polar surface area (TPSA) is 127 Å². The summed E-state index contributed by atoms with van der Waals surface area (Å²) in [7, 11) is 2.99. The second-order valence-corrected chi connectivity index (χ2v) is 10.9. The Bertz CT molecular complexity index is 1760. The molecule has 2 N–H and O–H groups in total. The van der Waals surface area contributed by atoms with Crippen LogP contribution in [0.4, 0.5) is 5.69 Å². The highest BCUT2D eigenvalue weighted by Gasteiger charge is 2.29. The molecule has 3 heterocycles. The summed E-state index contributed by atoms with van der Waals surface area (Å²) in [5.74, 6) is -1.05. The summed E-state index contributed by atoms with van der Waals surface area (Å²) in [6.45, 7) is 1.09. The van der Waals surface area contributed by atoms with Crippen LogP contribution in [0.2, 0.25) is 10.0 Å². The van der Waals surface area contributed by atoms with Gasteiger partial charge >= 0.3 is 5.97 Å². The number of aromatic nitrogens is 3. The molecule has 0 bridgehead atoms. The molecular weight excluding hydrogens is 593 g/mol. The van der Waals surface area contributed by atoms with Crippen molar-refractivity contribution in [1.82, 2.24) is 19.7 Å². The van der Waals surface area contributed by atoms with Crippen LogP contribution < -0.4 is 15.6 Å². The summed E-state index contributed by atoms with van der Waals surface area (Å²) >= 11 is 13.7. The molecule has 0 spiro atoms. The Hall–Kier alpha value is -4.25. The minimum absolute atomic E-state index is 0.0683. The molecule has 4 aromatic rings. The number of hydrogen-bond donors (Lipinski definition) is 2. The number of likely N-dealkylation sites (tertiary alicyclic amines) is 1. The first kappa shape index (κ1) is 30.2. The SMILES string of the molecule is COc1nc(-c2cccc(-c3cccc(NC(=O)c4ccnn(C)c4=O)c3Cl)c2Cl)ccc1CN1CCCC[C@H]1C(=O)O. The lowest BCUT2D eigenvalue weighted by atomic mass is 9.99. The fourth-order valence-corrected chi connectivity index (χ4v) is 5.84. The Labute approximate surface area is 257 Å². The number of anilines is 1. The summed E-state index contributed by atoms with van der Waals surface area (Å²) in [6, 6.07) is 15.1. The zero-order valence-electron chi connectivity index (χ0n) is 23.5. The fourth-order valence-electron chi connectivity index (χ4n) is 5.24. The molecule has 0 unspecified atom stereocenters. The maximum absolute atomic E-state index is 12.9. The van der Waals surface area contributed by atoms with Crippen molar-refractivity contribution in [2.45, 2.75) is 31.8 Å². The van der Waals surface area contributed by atoms with E-state index < -0.39 is 23.5 Å². The number of hydrogen-bond acceptors (Lipinski definition) is 7. The number of halogens is 2. The molecule has 2 aromatic heterocycles. The van der Waals surface area contributed by atoms with Crippen molar-refractivity contribution in [3.05, 3.63) is 92.3 Å². The quantitative estimate of drug-likeness (QED) is 0.263. The minimum atomic E-state index is -0.823. The molecule has 5 rings (SSSR count). The second-order valence-electron chi connectivity index (χ2n) is 10.1. The van der Waals surface area contributed by atoms with Gasteiger partial charge in [0.05, 0.1) is 28.5 Å². The van der Waals surface area contributed by atoms with Crippen molar-refractivity contribution >= 4 is 40.8 Å². The molecule has 2 aromatic carbocycles. The molecule has 1 fully saturated rings. The number of aryl methyl sites for hydroxylation is 1. The molecule has 1 atom stereocenters. The first-order chi connectivity index (χ1) is 20.7. The van der Waals surface area contributed by atoms with Gasteiger partial charge < -0.3 is 15.2 Å². The van der Waals surface area contributed by atoms with Crippen LogP contribution in [0.3, 0.4) is 0 Å². The van der Waals surface area contributed by atoms with Gasteiger partial charge in [0.15, 0.2) is 0 Å². The Kier molecular flexibility index (Phi) is 9.10. The molecule has 222 valence electrons. The third-order valence-corrected chi connectivity index (χ3v) is 8.28. The van der Waals surface area contributed by atoms with E-state index in [4.69, 9.17) is 32.9 Å². The van der Waals surface area contributed by atoms with Gasteiger partial charge in [0.2, 0.25) is 5.88 Å². The van der Waals surface area contributed by atoms with Crippen LogP contribution in [0.1, 0.15) is 35.2 Å². The molecular formula is C31H29Cl2N5O5. The monoisotopic (exact) mass is 621 g/mol. The molecule has 1 aliphatic heterocycles. The number of nitrogens with zero attached hydrogens (tertiary/aromatic N) is 4. The number of benzene rings is 2. The third kappa shape index (κ3) is 6.27. The number of carbonyl (C=O) groups excluding carboxylic acids is 1. The van der Waals surface area contributed by atoms with Crippen molar-refractivity contribution in [1.29, 1.82) is 0 Å². The molecule has 1 aliphatic rings. The summed E-state index contributed by atoms with van der Waals surface area (Å²) < 4.78 is 6.68. The molecule has 12 heteroatoms. The van der Waals surface area contributed by atoms with Crippen molar-refractivity contribution < 1.29 is 19.4 Å². The summed E-state index contributed by atoms with van der Waals surface area (Å²) in [6.07, 6.45) is 3.81. The molecule has 1 saturated heterocycles. The number of pyridine rings is 1. The van der Waals surface area contributed by atoms with E-state index in [1.165, 1.54) is 26.4 Å². The normalized spacial score (nSPS) is 15.2. The predicted octanol–water partition coefficient (Wildman–Crippen LogP) is 5.52. The Morgan fingerprint density at radius 1 is 1.02 bits per heavy atom. The lowest BCUT2D eigenvalue weighted by Crippen LogP contribution is -2.44. The van der Waals surface area contributed by atoms with Crippen molar-refractivity contribution in [3.63, 3.8) is 0 Å². The molecule has 10 nitrogen and oxygen atoms in total. The highest BCUT2D eigenvalue weighted by molar-refractivity contribution is 6.39. The van der Waals surface area contributed by atoms with Crippen LogP contribution in [-0.2, 0) is 18.4 Å². The maximum Gasteiger partial charge on any atom is 0.320 e. The Morgan fingerprint density at radius 3 is 2.49 bits per heavy atom. The van der Waals surface area contributed by atoms with E-state index in [0.29, 0.717) is 58.5 Å². The van der Waals surface area contributed by atoms with Crippen LogP contribution in [0.15, 0.2) is 65.6 Å². The number of rotatable bonds is 8. The maximum atomic E-state index is 12.9. The highest BCUT2D eigenvalue weighted by Crippen LogP contribution is 2.41. The lowest BCUT2D eigenvalue weighted by Gasteiger charge is -2.33. The van der Waals surface area contributed by atoms with E-state index in [9.17, 15) is 19.5 Å². The van der Waals surface area contributed by atoms with Gasteiger partial charge in [-0.15, -0.1) is 0 Å². The van der Waals surface area contributed by atoms with E-state index in [2.05, 4.69) is 10.4 Å². The van der Waals surface area contributed by atoms with Crippen LogP contribution in [0, 0.1) is 0 Å². The Morgan fingerprint density at radius 2 is 1.74 bits per heavy atom. The average molecular weight is 623 g/mol. The predicted molar refractivity (Wildman–Crippen MR) is 165 cm³/mol. The zero-order valence-corrected chi connectivity index (χ0v) is 25.0. The van der Waals surface area contributed by atoms with Gasteiger partial charge in [-0.25, -0.2) is 9.67 Å². The minimum Gasteiger partial charge on any atom is -0.481 e. The van der Waals surface area contributed by atoms with Crippen LogP contribution >= 0.6 is 23.2 Å². The number of carboxylic acid groups (broad SMARTS) is 1. The van der Waals surface area contributed by atoms with E-state index in [0.717, 1.165) is 23.1 Å². The van der Waals surface area contributed by atoms with Gasteiger partial charge in [0.25, 0.3) is 11.5 Å². The summed E-state index contributed by atoms with van der Waals surface area (Å²) in [4.78, 5) is 43.6. The smallest absolute Gasteiger partial charge is 0.320 e. The Balaban J connectivity index is 1.44. The van der Waals surface area contributed by atoms with Crippen LogP contribution in [0.5, 0.6) is 5.88 Å². The van der Waals surface area contributed by atoms with Gasteiger partial charge in [-0.3, -0.25) is 19.3 Å². The lowest BCUT2D eigenvalue weighted by molar-refractivity contribution is -0.144. The standard InChI is InChI=1S/C31H29Cl2N5O5/c1-37-30(40)22(14-15-34-37)28(39)35-24-10-6-8-20(27(24)33)19-7-5-9-21(26(19)32)23-13-12-18(29(36-23)43-2)17-38-16-4-3-11-25(38)31(41)42/h5-10,12-15,25H,3-4,11,16-17H2,1-2H3,(H,35,39)(H,41,42)/t25-/m0/s1. The van der Waals surface area contributed by atoms with Crippen LogP contribution in [-0.4, -0.2) is 56.3 Å². The van der Waals surface area contributed by atoms with Crippen molar-refractivity contribution in [2.24, 2.45) is 7.05 Å². The molecule has 43 heavy (non-hydrogen) atoms. The molecule has 0 radical (unpaired) electrons. The molecule has 1 amide bonds. The summed E-state index contributed by atoms with van der Waals surface area (Å²) in [5.41, 5.74) is 2.88. The van der Waals surface area contributed by atoms with Gasteiger partial charge in [0, 0.05) is 42.0 Å². The van der Waals surface area contributed by atoms with Gasteiger partial charge in [-0.05, 0) is 37.6 Å². The number of piperidine rings is 1. The van der Waals surface area contributed by atoms with Gasteiger partial charge in [-0.1, -0.05) is 66.0 Å².